The second kappa shape index (κ2) is 2.86. The first kappa shape index (κ1) is 7.97. The van der Waals surface area contributed by atoms with Gasteiger partial charge >= 0.3 is 0 Å². The van der Waals surface area contributed by atoms with E-state index in [-0.39, 0.29) is 0 Å². The molecule has 1 rings (SSSR count). The number of thiol groups is 2. The molecule has 9 heavy (non-hydrogen) atoms. The third kappa shape index (κ3) is 2.18. The summed E-state index contributed by atoms with van der Waals surface area (Å²) in [7, 11) is 0. The van der Waals surface area contributed by atoms with Crippen LogP contribution in [0.2, 0.25) is 0 Å². The van der Waals surface area contributed by atoms with Gasteiger partial charge in [0.15, 0.2) is 3.41 Å². The molecule has 0 N–H and O–H groups in total. The van der Waals surface area contributed by atoms with Crippen molar-refractivity contribution in [2.75, 3.05) is 6.26 Å². The van der Waals surface area contributed by atoms with Crippen LogP contribution in [0.3, 0.4) is 0 Å². The van der Waals surface area contributed by atoms with E-state index in [1.807, 2.05) is 6.26 Å². The van der Waals surface area contributed by atoms with Gasteiger partial charge in [-0.25, -0.2) is 0 Å². The Labute approximate surface area is 73.9 Å². The average Bonchev–Trinajstić information content (AvgIpc) is 2.10. The molecule has 0 radical (unpaired) electrons. The summed E-state index contributed by atoms with van der Waals surface area (Å²) < 4.78 is 1.35. The molecule has 0 atom stereocenters. The summed E-state index contributed by atoms with van der Waals surface area (Å²) in [6, 6.07) is 0. The van der Waals surface area contributed by atoms with Crippen LogP contribution in [-0.2, 0) is 0 Å². The SMILES string of the molecule is CSN1N=CC(S)(S)S1. The third-order valence-electron chi connectivity index (χ3n) is 0.689. The van der Waals surface area contributed by atoms with E-state index in [2.05, 4.69) is 30.4 Å². The second-order valence-corrected chi connectivity index (χ2v) is 5.90. The van der Waals surface area contributed by atoms with Crippen LogP contribution < -0.4 is 0 Å². The fourth-order valence-electron chi connectivity index (χ4n) is 0.369. The first-order valence-electron chi connectivity index (χ1n) is 2.17. The van der Waals surface area contributed by atoms with Gasteiger partial charge in [-0.2, -0.15) is 8.92 Å². The standard InChI is InChI=1S/C3H6N2S4/c1-8-5-4-2-3(6,7)9-5/h2,6-7H,1H3. The van der Waals surface area contributed by atoms with Crippen molar-refractivity contribution >= 4 is 55.4 Å². The van der Waals surface area contributed by atoms with Crippen molar-refractivity contribution in [3.8, 4) is 0 Å². The van der Waals surface area contributed by atoms with Crippen LogP contribution in [0.25, 0.3) is 0 Å². The van der Waals surface area contributed by atoms with Gasteiger partial charge in [-0.1, -0.05) is 0 Å². The molecule has 0 aromatic carbocycles. The molecule has 2 nitrogen and oxygen atoms in total. The third-order valence-corrected chi connectivity index (χ3v) is 3.11. The average molecular weight is 198 g/mol. The lowest BCUT2D eigenvalue weighted by molar-refractivity contribution is 0.846. The monoisotopic (exact) mass is 198 g/mol. The highest BCUT2D eigenvalue weighted by molar-refractivity contribution is 8.28. The lowest BCUT2D eigenvalue weighted by Crippen LogP contribution is -2.04. The van der Waals surface area contributed by atoms with Crippen LogP contribution in [0, 0.1) is 0 Å². The summed E-state index contributed by atoms with van der Waals surface area (Å²) in [6.45, 7) is 0. The predicted molar refractivity (Wildman–Crippen MR) is 52.1 cm³/mol. The summed E-state index contributed by atoms with van der Waals surface area (Å²) in [4.78, 5) is 0. The van der Waals surface area contributed by atoms with Crippen LogP contribution in [-0.4, -0.2) is 19.7 Å². The van der Waals surface area contributed by atoms with E-state index in [1.165, 1.54) is 23.9 Å². The van der Waals surface area contributed by atoms with Crippen molar-refractivity contribution in [2.45, 2.75) is 3.41 Å². The Hall–Kier alpha value is 0.870. The van der Waals surface area contributed by atoms with E-state index < -0.39 is 3.41 Å². The molecule has 52 valence electrons. The van der Waals surface area contributed by atoms with Crippen molar-refractivity contribution in [3.05, 3.63) is 0 Å². The molecule has 0 unspecified atom stereocenters. The van der Waals surface area contributed by atoms with Crippen LogP contribution in [0.5, 0.6) is 0 Å². The number of nitrogens with zero attached hydrogens (tertiary/aromatic N) is 2. The van der Waals surface area contributed by atoms with Crippen molar-refractivity contribution in [1.82, 2.24) is 3.82 Å². The van der Waals surface area contributed by atoms with Gasteiger partial charge in [0.05, 0.1) is 6.21 Å². The molecule has 0 aliphatic carbocycles. The van der Waals surface area contributed by atoms with Crippen LogP contribution in [0.4, 0.5) is 0 Å². The Morgan fingerprint density at radius 1 is 1.78 bits per heavy atom. The molecule has 1 aliphatic rings. The fraction of sp³-hybridized carbons (Fsp3) is 0.667. The van der Waals surface area contributed by atoms with E-state index in [4.69, 9.17) is 0 Å². The second-order valence-electron chi connectivity index (χ2n) is 1.41. The van der Waals surface area contributed by atoms with Gasteiger partial charge in [-0.05, 0) is 11.9 Å². The van der Waals surface area contributed by atoms with Crippen molar-refractivity contribution < 1.29 is 0 Å². The minimum atomic E-state index is -0.414. The molecular formula is C3H6N2S4. The minimum Gasteiger partial charge on any atom is -0.177 e. The summed E-state index contributed by atoms with van der Waals surface area (Å²) in [5, 5.41) is 3.99. The lowest BCUT2D eigenvalue weighted by Gasteiger charge is -2.12. The van der Waals surface area contributed by atoms with Crippen molar-refractivity contribution in [2.24, 2.45) is 5.10 Å². The first-order chi connectivity index (χ1) is 4.14. The van der Waals surface area contributed by atoms with Crippen molar-refractivity contribution in [3.63, 3.8) is 0 Å². The van der Waals surface area contributed by atoms with E-state index in [9.17, 15) is 0 Å². The van der Waals surface area contributed by atoms with Crippen LogP contribution in [0.15, 0.2) is 5.10 Å². The van der Waals surface area contributed by atoms with Gasteiger partial charge in [0, 0.05) is 18.2 Å². The molecule has 6 heteroatoms. The van der Waals surface area contributed by atoms with Crippen LogP contribution in [0.1, 0.15) is 0 Å². The Balaban J connectivity index is 2.50. The molecular weight excluding hydrogens is 192 g/mol. The zero-order valence-electron chi connectivity index (χ0n) is 4.68. The number of hydrogen-bond donors (Lipinski definition) is 2. The Bertz CT molecular complexity index is 134. The highest BCUT2D eigenvalue weighted by Gasteiger charge is 2.28. The molecule has 1 heterocycles. The Kier molecular flexibility index (Phi) is 2.53. The summed E-state index contributed by atoms with van der Waals surface area (Å²) in [5.41, 5.74) is 0. The minimum absolute atomic E-state index is 0.414. The quantitative estimate of drug-likeness (QED) is 0.379. The van der Waals surface area contributed by atoms with Gasteiger partial charge in [0.25, 0.3) is 0 Å². The number of hydrazone groups is 1. The van der Waals surface area contributed by atoms with Crippen LogP contribution >= 0.6 is 49.2 Å². The van der Waals surface area contributed by atoms with Gasteiger partial charge in [-0.15, -0.1) is 25.3 Å². The predicted octanol–water partition coefficient (Wildman–Crippen LogP) is 1.73. The van der Waals surface area contributed by atoms with E-state index >= 15 is 0 Å². The maximum atomic E-state index is 4.19. The number of hydrogen-bond acceptors (Lipinski definition) is 6. The van der Waals surface area contributed by atoms with Gasteiger partial charge in [-0.3, -0.25) is 0 Å². The molecule has 0 spiro atoms. The van der Waals surface area contributed by atoms with E-state index in [0.717, 1.165) is 0 Å². The molecule has 0 bridgehead atoms. The van der Waals surface area contributed by atoms with E-state index in [0.29, 0.717) is 0 Å². The molecule has 0 saturated heterocycles. The normalized spacial score (nSPS) is 23.2. The summed E-state index contributed by atoms with van der Waals surface area (Å²) in [5.74, 6) is 0. The molecule has 0 saturated carbocycles. The molecule has 0 amide bonds. The van der Waals surface area contributed by atoms with Gasteiger partial charge in [0.1, 0.15) is 0 Å². The topological polar surface area (TPSA) is 15.6 Å². The van der Waals surface area contributed by atoms with Crippen molar-refractivity contribution in [1.29, 1.82) is 0 Å². The molecule has 0 aromatic rings. The lowest BCUT2D eigenvalue weighted by atomic mass is 10.9. The zero-order valence-corrected chi connectivity index (χ0v) is 8.10. The maximum absolute atomic E-state index is 4.19. The smallest absolute Gasteiger partial charge is 0.160 e. The Morgan fingerprint density at radius 2 is 2.44 bits per heavy atom. The molecule has 0 aromatic heterocycles. The zero-order chi connectivity index (χ0) is 6.91. The molecule has 1 aliphatic heterocycles. The first-order valence-corrected chi connectivity index (χ1v) is 5.02. The van der Waals surface area contributed by atoms with Gasteiger partial charge < -0.3 is 0 Å². The maximum Gasteiger partial charge on any atom is 0.160 e. The summed E-state index contributed by atoms with van der Waals surface area (Å²) >= 11 is 11.4. The Morgan fingerprint density at radius 3 is 2.67 bits per heavy atom. The fourth-order valence-corrected chi connectivity index (χ4v) is 2.48. The van der Waals surface area contributed by atoms with E-state index in [1.54, 1.807) is 10.0 Å². The largest absolute Gasteiger partial charge is 0.177 e. The highest BCUT2D eigenvalue weighted by Crippen LogP contribution is 2.42. The number of rotatable bonds is 1. The molecule has 0 fully saturated rings. The highest BCUT2D eigenvalue weighted by atomic mass is 32.3. The summed E-state index contributed by atoms with van der Waals surface area (Å²) in [6.07, 6.45) is 3.65. The van der Waals surface area contributed by atoms with Gasteiger partial charge in [0.2, 0.25) is 0 Å².